The Kier molecular flexibility index (Phi) is 15.5. The van der Waals surface area contributed by atoms with Gasteiger partial charge in [0.25, 0.3) is 0 Å². The molecule has 0 aromatic carbocycles. The topological polar surface area (TPSA) is 74.6 Å². The zero-order chi connectivity index (χ0) is 19.7. The average molecular weight is 371 g/mol. The Morgan fingerprint density at radius 1 is 0.577 bits per heavy atom. The number of rotatable bonds is 19. The highest BCUT2D eigenvalue weighted by Gasteiger charge is 2.40. The van der Waals surface area contributed by atoms with Gasteiger partial charge in [0.1, 0.15) is 0 Å². The maximum absolute atomic E-state index is 11.1. The van der Waals surface area contributed by atoms with Crippen LogP contribution in [0, 0.1) is 5.41 Å². The lowest BCUT2D eigenvalue weighted by Crippen LogP contribution is -2.36. The van der Waals surface area contributed by atoms with E-state index in [0.29, 0.717) is 6.42 Å². The average Bonchev–Trinajstić information content (AvgIpc) is 2.60. The molecule has 0 unspecified atom stereocenters. The van der Waals surface area contributed by atoms with Gasteiger partial charge >= 0.3 is 11.9 Å². The van der Waals surface area contributed by atoms with E-state index in [2.05, 4.69) is 6.92 Å². The zero-order valence-corrected chi connectivity index (χ0v) is 17.2. The van der Waals surface area contributed by atoms with Crippen LogP contribution in [0.1, 0.15) is 123 Å². The molecule has 0 aromatic rings. The molecule has 0 aliphatic carbocycles. The summed E-state index contributed by atoms with van der Waals surface area (Å²) in [7, 11) is 0. The quantitative estimate of drug-likeness (QED) is 0.193. The first-order chi connectivity index (χ1) is 12.4. The fourth-order valence-electron chi connectivity index (χ4n) is 3.33. The van der Waals surface area contributed by atoms with Crippen molar-refractivity contribution in [2.45, 2.75) is 123 Å². The van der Waals surface area contributed by atoms with Gasteiger partial charge in [-0.15, -0.1) is 0 Å². The first-order valence-electron chi connectivity index (χ1n) is 10.9. The number of hydrogen-bond acceptors (Lipinski definition) is 2. The molecule has 0 rings (SSSR count). The lowest BCUT2D eigenvalue weighted by atomic mass is 9.85. The Bertz CT molecular complexity index is 351. The van der Waals surface area contributed by atoms with Crippen molar-refractivity contribution < 1.29 is 19.8 Å². The van der Waals surface area contributed by atoms with Crippen molar-refractivity contribution in [2.24, 2.45) is 5.41 Å². The minimum absolute atomic E-state index is 0.218. The summed E-state index contributed by atoms with van der Waals surface area (Å²) in [6.07, 6.45) is 20.4. The van der Waals surface area contributed by atoms with Crippen molar-refractivity contribution in [3.8, 4) is 0 Å². The summed E-state index contributed by atoms with van der Waals surface area (Å²) >= 11 is 0. The molecule has 154 valence electrons. The molecule has 0 saturated heterocycles. The summed E-state index contributed by atoms with van der Waals surface area (Å²) in [5.74, 6) is -2.46. The molecule has 0 atom stereocenters. The van der Waals surface area contributed by atoms with E-state index < -0.39 is 17.4 Å². The summed E-state index contributed by atoms with van der Waals surface area (Å²) in [5.41, 5.74) is -1.63. The summed E-state index contributed by atoms with van der Waals surface area (Å²) in [5, 5.41) is 18.1. The Morgan fingerprint density at radius 3 is 1.12 bits per heavy atom. The summed E-state index contributed by atoms with van der Waals surface area (Å²) < 4.78 is 0. The van der Waals surface area contributed by atoms with Crippen molar-refractivity contribution in [3.63, 3.8) is 0 Å². The Labute approximate surface area is 160 Å². The summed E-state index contributed by atoms with van der Waals surface area (Å²) in [4.78, 5) is 22.1. The van der Waals surface area contributed by atoms with Crippen LogP contribution in [0.3, 0.4) is 0 Å². The van der Waals surface area contributed by atoms with Gasteiger partial charge in [0.15, 0.2) is 5.41 Å². The Balaban J connectivity index is 3.34. The van der Waals surface area contributed by atoms with Gasteiger partial charge in [-0.3, -0.25) is 9.59 Å². The van der Waals surface area contributed by atoms with E-state index in [4.69, 9.17) is 10.2 Å². The minimum Gasteiger partial charge on any atom is -0.480 e. The molecule has 0 fully saturated rings. The van der Waals surface area contributed by atoms with E-state index in [0.717, 1.165) is 12.8 Å². The van der Waals surface area contributed by atoms with Crippen molar-refractivity contribution in [2.75, 3.05) is 0 Å². The maximum atomic E-state index is 11.1. The van der Waals surface area contributed by atoms with Gasteiger partial charge in [-0.2, -0.15) is 0 Å². The number of unbranched alkanes of at least 4 members (excludes halogenated alkanes) is 15. The van der Waals surface area contributed by atoms with Crippen LogP contribution in [0.2, 0.25) is 0 Å². The number of aliphatic carboxylic acids is 2. The molecule has 0 spiro atoms. The number of carboxylic acids is 2. The van der Waals surface area contributed by atoms with Crippen LogP contribution in [-0.2, 0) is 9.59 Å². The standard InChI is InChI=1S/C22H42O4/c1-3-4-5-6-7-8-9-10-11-12-13-14-15-16-17-18-19-22(2,20(23)24)21(25)26/h3-19H2,1-2H3,(H,23,24)(H,25,26). The molecule has 0 aliphatic rings. The van der Waals surface area contributed by atoms with Gasteiger partial charge in [0.2, 0.25) is 0 Å². The third kappa shape index (κ3) is 12.3. The fraction of sp³-hybridized carbons (Fsp3) is 0.909. The predicted molar refractivity (Wildman–Crippen MR) is 108 cm³/mol. The molecule has 4 heteroatoms. The van der Waals surface area contributed by atoms with Crippen molar-refractivity contribution in [1.82, 2.24) is 0 Å². The van der Waals surface area contributed by atoms with Crippen LogP contribution in [0.15, 0.2) is 0 Å². The lowest BCUT2D eigenvalue weighted by Gasteiger charge is -2.19. The second-order valence-electron chi connectivity index (χ2n) is 8.00. The van der Waals surface area contributed by atoms with E-state index >= 15 is 0 Å². The summed E-state index contributed by atoms with van der Waals surface area (Å²) in [6.45, 7) is 3.57. The molecule has 0 saturated carbocycles. The first kappa shape index (κ1) is 24.9. The molecule has 4 nitrogen and oxygen atoms in total. The third-order valence-electron chi connectivity index (χ3n) is 5.47. The monoisotopic (exact) mass is 370 g/mol. The Hall–Kier alpha value is -1.06. The van der Waals surface area contributed by atoms with Gasteiger partial charge in [0.05, 0.1) is 0 Å². The molecular weight excluding hydrogens is 328 g/mol. The van der Waals surface area contributed by atoms with E-state index in [1.165, 1.54) is 90.4 Å². The highest BCUT2D eigenvalue weighted by molar-refractivity contribution is 5.97. The molecule has 0 aromatic heterocycles. The van der Waals surface area contributed by atoms with E-state index in [1.807, 2.05) is 0 Å². The van der Waals surface area contributed by atoms with Gasteiger partial charge in [0, 0.05) is 0 Å². The molecule has 0 amide bonds. The van der Waals surface area contributed by atoms with Crippen LogP contribution in [-0.4, -0.2) is 22.2 Å². The zero-order valence-electron chi connectivity index (χ0n) is 17.2. The van der Waals surface area contributed by atoms with Gasteiger partial charge in [-0.25, -0.2) is 0 Å². The molecule has 0 heterocycles. The van der Waals surface area contributed by atoms with Crippen LogP contribution >= 0.6 is 0 Å². The number of carbonyl (C=O) groups is 2. The van der Waals surface area contributed by atoms with E-state index in [1.54, 1.807) is 0 Å². The fourth-order valence-corrected chi connectivity index (χ4v) is 3.33. The SMILES string of the molecule is CCCCCCCCCCCCCCCCCCC(C)(C(=O)O)C(=O)O. The minimum atomic E-state index is -1.63. The van der Waals surface area contributed by atoms with Crippen LogP contribution < -0.4 is 0 Å². The van der Waals surface area contributed by atoms with Crippen molar-refractivity contribution in [3.05, 3.63) is 0 Å². The smallest absolute Gasteiger partial charge is 0.320 e. The van der Waals surface area contributed by atoms with Crippen molar-refractivity contribution >= 4 is 11.9 Å². The van der Waals surface area contributed by atoms with Crippen LogP contribution in [0.5, 0.6) is 0 Å². The summed E-state index contributed by atoms with van der Waals surface area (Å²) in [6, 6.07) is 0. The molecule has 26 heavy (non-hydrogen) atoms. The second kappa shape index (κ2) is 16.1. The molecule has 0 bridgehead atoms. The second-order valence-corrected chi connectivity index (χ2v) is 8.00. The van der Waals surface area contributed by atoms with Crippen LogP contribution in [0.4, 0.5) is 0 Å². The highest BCUT2D eigenvalue weighted by Crippen LogP contribution is 2.25. The molecule has 0 radical (unpaired) electrons. The van der Waals surface area contributed by atoms with Gasteiger partial charge < -0.3 is 10.2 Å². The largest absolute Gasteiger partial charge is 0.480 e. The first-order valence-corrected chi connectivity index (χ1v) is 10.9. The highest BCUT2D eigenvalue weighted by atomic mass is 16.4. The van der Waals surface area contributed by atoms with Gasteiger partial charge in [-0.05, 0) is 13.3 Å². The lowest BCUT2D eigenvalue weighted by molar-refractivity contribution is -0.163. The molecule has 0 aliphatic heterocycles. The van der Waals surface area contributed by atoms with E-state index in [9.17, 15) is 9.59 Å². The van der Waals surface area contributed by atoms with E-state index in [-0.39, 0.29) is 6.42 Å². The molecule has 2 N–H and O–H groups in total. The van der Waals surface area contributed by atoms with Gasteiger partial charge in [-0.1, -0.05) is 110 Å². The van der Waals surface area contributed by atoms with Crippen molar-refractivity contribution in [1.29, 1.82) is 0 Å². The number of hydrogen-bond donors (Lipinski definition) is 2. The third-order valence-corrected chi connectivity index (χ3v) is 5.47. The number of carboxylic acid groups (broad SMARTS) is 2. The Morgan fingerprint density at radius 2 is 0.846 bits per heavy atom. The molecular formula is C22H42O4. The predicted octanol–water partition coefficient (Wildman–Crippen LogP) is 6.81. The maximum Gasteiger partial charge on any atom is 0.320 e. The normalized spacial score (nSPS) is 11.6. The van der Waals surface area contributed by atoms with Crippen LogP contribution in [0.25, 0.3) is 0 Å².